The van der Waals surface area contributed by atoms with Crippen LogP contribution in [-0.2, 0) is 4.79 Å². The van der Waals surface area contributed by atoms with Crippen molar-refractivity contribution in [2.75, 3.05) is 13.1 Å². The van der Waals surface area contributed by atoms with Crippen LogP contribution in [0.4, 0.5) is 0 Å². The van der Waals surface area contributed by atoms with Crippen LogP contribution in [0.3, 0.4) is 0 Å². The van der Waals surface area contributed by atoms with Crippen LogP contribution in [0.25, 0.3) is 22.6 Å². The summed E-state index contributed by atoms with van der Waals surface area (Å²) in [5.41, 5.74) is 2.87. The molecule has 31 heavy (non-hydrogen) atoms. The molecule has 3 aromatic rings. The Labute approximate surface area is 182 Å². The lowest BCUT2D eigenvalue weighted by Gasteiger charge is -2.32. The molecule has 1 aromatic heterocycles. The third-order valence-electron chi connectivity index (χ3n) is 6.05. The maximum atomic E-state index is 13.0. The van der Waals surface area contributed by atoms with Gasteiger partial charge in [-0.15, -0.1) is 0 Å². The third kappa shape index (κ3) is 4.95. The van der Waals surface area contributed by atoms with Gasteiger partial charge in [0.2, 0.25) is 11.8 Å². The van der Waals surface area contributed by atoms with Crippen molar-refractivity contribution in [2.24, 2.45) is 5.92 Å². The highest BCUT2D eigenvalue weighted by atomic mass is 16.3. The zero-order valence-corrected chi connectivity index (χ0v) is 18.1. The van der Waals surface area contributed by atoms with E-state index >= 15 is 0 Å². The molecule has 2 aromatic carbocycles. The molecule has 1 unspecified atom stereocenters. The second-order valence-electron chi connectivity index (χ2n) is 8.38. The number of fused-ring (bicyclic) bond motifs is 1. The number of rotatable bonds is 6. The van der Waals surface area contributed by atoms with Gasteiger partial charge < -0.3 is 14.6 Å². The molecular formula is C25H29N3O3. The maximum Gasteiger partial charge on any atom is 0.253 e. The lowest BCUT2D eigenvalue weighted by atomic mass is 9.92. The molecule has 162 valence electrons. The van der Waals surface area contributed by atoms with Crippen molar-refractivity contribution in [2.45, 2.75) is 45.6 Å². The van der Waals surface area contributed by atoms with Crippen molar-refractivity contribution in [1.82, 2.24) is 15.2 Å². The monoisotopic (exact) mass is 419 g/mol. The minimum absolute atomic E-state index is 0.00191. The fourth-order valence-electron chi connectivity index (χ4n) is 3.98. The van der Waals surface area contributed by atoms with E-state index < -0.39 is 0 Å². The first-order chi connectivity index (χ1) is 15.0. The van der Waals surface area contributed by atoms with Crippen LogP contribution in [0.1, 0.15) is 49.9 Å². The number of nitrogens with zero attached hydrogens (tertiary/aromatic N) is 2. The van der Waals surface area contributed by atoms with Crippen molar-refractivity contribution in [3.63, 3.8) is 0 Å². The number of hydrogen-bond donors (Lipinski definition) is 1. The summed E-state index contributed by atoms with van der Waals surface area (Å²) in [5, 5.41) is 3.03. The highest BCUT2D eigenvalue weighted by Gasteiger charge is 2.26. The highest BCUT2D eigenvalue weighted by molar-refractivity contribution is 5.97. The Morgan fingerprint density at radius 2 is 1.90 bits per heavy atom. The van der Waals surface area contributed by atoms with Crippen LogP contribution < -0.4 is 5.32 Å². The third-order valence-corrected chi connectivity index (χ3v) is 6.05. The van der Waals surface area contributed by atoms with Crippen molar-refractivity contribution in [1.29, 1.82) is 0 Å². The molecule has 1 aliphatic heterocycles. The van der Waals surface area contributed by atoms with Gasteiger partial charge in [-0.1, -0.05) is 25.1 Å². The molecule has 4 rings (SSSR count). The number of benzene rings is 2. The average Bonchev–Trinajstić information content (AvgIpc) is 3.23. The molecule has 1 saturated heterocycles. The van der Waals surface area contributed by atoms with Crippen molar-refractivity contribution in [3.05, 3.63) is 54.1 Å². The Hall–Kier alpha value is -3.15. The smallest absolute Gasteiger partial charge is 0.253 e. The van der Waals surface area contributed by atoms with Crippen LogP contribution in [0.5, 0.6) is 0 Å². The van der Waals surface area contributed by atoms with Gasteiger partial charge in [0, 0.05) is 36.7 Å². The van der Waals surface area contributed by atoms with Crippen LogP contribution in [0, 0.1) is 5.92 Å². The van der Waals surface area contributed by atoms with Gasteiger partial charge in [-0.2, -0.15) is 0 Å². The second-order valence-corrected chi connectivity index (χ2v) is 8.38. The molecular weight excluding hydrogens is 390 g/mol. The van der Waals surface area contributed by atoms with Gasteiger partial charge in [-0.25, -0.2) is 4.98 Å². The van der Waals surface area contributed by atoms with E-state index in [0.29, 0.717) is 42.5 Å². The van der Waals surface area contributed by atoms with Gasteiger partial charge in [0.05, 0.1) is 0 Å². The van der Waals surface area contributed by atoms with E-state index in [1.54, 1.807) is 6.07 Å². The minimum atomic E-state index is 0.00191. The first kappa shape index (κ1) is 21.1. The summed E-state index contributed by atoms with van der Waals surface area (Å²) < 4.78 is 5.91. The molecule has 2 heterocycles. The van der Waals surface area contributed by atoms with Crippen molar-refractivity contribution < 1.29 is 14.0 Å². The zero-order valence-electron chi connectivity index (χ0n) is 18.1. The van der Waals surface area contributed by atoms with Crippen LogP contribution in [0.15, 0.2) is 52.9 Å². The molecule has 1 fully saturated rings. The molecule has 0 bridgehead atoms. The van der Waals surface area contributed by atoms with Gasteiger partial charge in [0.15, 0.2) is 5.58 Å². The second kappa shape index (κ2) is 9.33. The summed E-state index contributed by atoms with van der Waals surface area (Å²) in [6.45, 7) is 5.43. The van der Waals surface area contributed by atoms with Gasteiger partial charge >= 0.3 is 0 Å². The Morgan fingerprint density at radius 3 is 2.61 bits per heavy atom. The Kier molecular flexibility index (Phi) is 6.35. The van der Waals surface area contributed by atoms with Crippen LogP contribution in [-0.4, -0.2) is 40.8 Å². The minimum Gasteiger partial charge on any atom is -0.436 e. The van der Waals surface area contributed by atoms with Gasteiger partial charge in [0.25, 0.3) is 5.91 Å². The Balaban J connectivity index is 1.38. The molecule has 6 heteroatoms. The molecule has 0 aliphatic carbocycles. The molecule has 0 radical (unpaired) electrons. The molecule has 0 saturated carbocycles. The highest BCUT2D eigenvalue weighted by Crippen LogP contribution is 2.26. The quantitative estimate of drug-likeness (QED) is 0.631. The standard InChI is InChI=1S/C25H29N3O3/c1-3-17(2)26-23(29)15-18-11-13-28(14-12-18)25(30)20-9-10-21-22(16-20)31-24(27-21)19-7-5-4-6-8-19/h4-10,16-18H,3,11-15H2,1-2H3,(H,26,29). The van der Waals surface area contributed by atoms with E-state index in [9.17, 15) is 9.59 Å². The number of nitrogens with one attached hydrogen (secondary N) is 1. The fourth-order valence-corrected chi connectivity index (χ4v) is 3.98. The first-order valence-corrected chi connectivity index (χ1v) is 11.1. The number of aromatic nitrogens is 1. The topological polar surface area (TPSA) is 75.4 Å². The fraction of sp³-hybridized carbons (Fsp3) is 0.400. The average molecular weight is 420 g/mol. The zero-order chi connectivity index (χ0) is 21.8. The van der Waals surface area contributed by atoms with E-state index in [0.717, 1.165) is 30.3 Å². The lowest BCUT2D eigenvalue weighted by Crippen LogP contribution is -2.40. The maximum absolute atomic E-state index is 13.0. The summed E-state index contributed by atoms with van der Waals surface area (Å²) in [7, 11) is 0. The number of carbonyl (C=O) groups is 2. The SMILES string of the molecule is CCC(C)NC(=O)CC1CCN(C(=O)c2ccc3nc(-c4ccccc4)oc3c2)CC1. The molecule has 0 spiro atoms. The van der Waals surface area contributed by atoms with Crippen LogP contribution in [0.2, 0.25) is 0 Å². The summed E-state index contributed by atoms with van der Waals surface area (Å²) >= 11 is 0. The number of likely N-dealkylation sites (tertiary alicyclic amines) is 1. The van der Waals surface area contributed by atoms with E-state index in [1.165, 1.54) is 0 Å². The van der Waals surface area contributed by atoms with E-state index in [2.05, 4.69) is 17.2 Å². The summed E-state index contributed by atoms with van der Waals surface area (Å²) in [4.78, 5) is 31.6. The molecule has 2 amide bonds. The van der Waals surface area contributed by atoms with Crippen molar-refractivity contribution >= 4 is 22.9 Å². The van der Waals surface area contributed by atoms with Gasteiger partial charge in [-0.3, -0.25) is 9.59 Å². The molecule has 1 N–H and O–H groups in total. The number of carbonyl (C=O) groups excluding carboxylic acids is 2. The van der Waals surface area contributed by atoms with E-state index in [4.69, 9.17) is 4.42 Å². The van der Waals surface area contributed by atoms with Gasteiger partial charge in [0.1, 0.15) is 5.52 Å². The lowest BCUT2D eigenvalue weighted by molar-refractivity contribution is -0.122. The Morgan fingerprint density at radius 1 is 1.16 bits per heavy atom. The number of piperidine rings is 1. The number of amides is 2. The summed E-state index contributed by atoms with van der Waals surface area (Å²) in [6, 6.07) is 15.4. The Bertz CT molecular complexity index is 1050. The molecule has 6 nitrogen and oxygen atoms in total. The molecule has 1 aliphatic rings. The van der Waals surface area contributed by atoms with E-state index in [1.807, 2.05) is 54.3 Å². The number of hydrogen-bond acceptors (Lipinski definition) is 4. The molecule has 1 atom stereocenters. The largest absolute Gasteiger partial charge is 0.436 e. The van der Waals surface area contributed by atoms with E-state index in [-0.39, 0.29) is 17.9 Å². The van der Waals surface area contributed by atoms with Gasteiger partial charge in [-0.05, 0) is 62.4 Å². The normalized spacial score (nSPS) is 15.7. The van der Waals surface area contributed by atoms with Crippen molar-refractivity contribution in [3.8, 4) is 11.5 Å². The number of oxazole rings is 1. The first-order valence-electron chi connectivity index (χ1n) is 11.1. The summed E-state index contributed by atoms with van der Waals surface area (Å²) in [6.07, 6.45) is 3.17. The predicted octanol–water partition coefficient (Wildman–Crippen LogP) is 4.65. The predicted molar refractivity (Wildman–Crippen MR) is 121 cm³/mol. The summed E-state index contributed by atoms with van der Waals surface area (Å²) in [5.74, 6) is 1.00. The van der Waals surface area contributed by atoms with Crippen LogP contribution >= 0.6 is 0 Å².